The van der Waals surface area contributed by atoms with E-state index in [2.05, 4.69) is 104 Å². The van der Waals surface area contributed by atoms with Crippen LogP contribution in [-0.2, 0) is 17.6 Å². The Kier molecular flexibility index (Phi) is 6.39. The molecule has 0 bridgehead atoms. The molecule has 0 radical (unpaired) electrons. The summed E-state index contributed by atoms with van der Waals surface area (Å²) in [7, 11) is 0. The van der Waals surface area contributed by atoms with Crippen molar-refractivity contribution in [2.45, 2.75) is 32.6 Å². The molecule has 1 aliphatic carbocycles. The highest BCUT2D eigenvalue weighted by Crippen LogP contribution is 2.38. The van der Waals surface area contributed by atoms with E-state index in [1.807, 2.05) is 0 Å². The van der Waals surface area contributed by atoms with Crippen molar-refractivity contribution in [2.75, 3.05) is 0 Å². The molecule has 0 fully saturated rings. The molecule has 1 heteroatoms. The van der Waals surface area contributed by atoms with Crippen LogP contribution < -0.4 is 0 Å². The number of Topliss-reactive ketones (excluding diaryl/α,β-unsaturated/α-hetero) is 1. The first-order valence-electron chi connectivity index (χ1n) is 10.8. The molecule has 0 saturated carbocycles. The number of ketones is 1. The Hall–Kier alpha value is -3.19. The number of benzene rings is 3. The molecule has 0 aliphatic heterocycles. The Morgan fingerprint density at radius 1 is 0.767 bits per heavy atom. The van der Waals surface area contributed by atoms with Crippen LogP contribution >= 0.6 is 0 Å². The van der Waals surface area contributed by atoms with Gasteiger partial charge in [-0.15, -0.1) is 0 Å². The van der Waals surface area contributed by atoms with Crippen LogP contribution in [0, 0.1) is 12.8 Å². The van der Waals surface area contributed by atoms with Gasteiger partial charge in [0.15, 0.2) is 0 Å². The lowest BCUT2D eigenvalue weighted by Crippen LogP contribution is -2.10. The largest absolute Gasteiger partial charge is 0.299 e. The fraction of sp³-hybridized carbons (Fsp3) is 0.207. The average Bonchev–Trinajstić information content (AvgIpc) is 3.17. The lowest BCUT2D eigenvalue weighted by Gasteiger charge is -2.20. The second-order valence-corrected chi connectivity index (χ2v) is 8.17. The van der Waals surface area contributed by atoms with Crippen LogP contribution in [0.2, 0.25) is 0 Å². The summed E-state index contributed by atoms with van der Waals surface area (Å²) in [5, 5.41) is 0. The van der Waals surface area contributed by atoms with Crippen molar-refractivity contribution in [1.29, 1.82) is 0 Å². The average molecular weight is 393 g/mol. The minimum atomic E-state index is 0.311. The number of allylic oxidation sites excluding steroid dienone is 4. The standard InChI is InChI=1S/C29H28O/c1-22-12-14-24(15-13-22)20-27(30)18-16-26-17-19-28(25-10-6-3-7-11-25)29(26)21-23-8-4-2-5-9-23/h2-15,17,19,29H,16,18,20-21H2,1H3. The van der Waals surface area contributed by atoms with Gasteiger partial charge >= 0.3 is 0 Å². The highest BCUT2D eigenvalue weighted by Gasteiger charge is 2.24. The molecule has 0 aromatic heterocycles. The zero-order valence-corrected chi connectivity index (χ0v) is 17.6. The molecule has 0 heterocycles. The van der Waals surface area contributed by atoms with Gasteiger partial charge in [-0.05, 0) is 42.0 Å². The van der Waals surface area contributed by atoms with E-state index in [9.17, 15) is 4.79 Å². The maximum Gasteiger partial charge on any atom is 0.137 e. The Bertz CT molecular complexity index is 1040. The van der Waals surface area contributed by atoms with Gasteiger partial charge in [-0.2, -0.15) is 0 Å². The zero-order chi connectivity index (χ0) is 20.8. The van der Waals surface area contributed by atoms with Crippen molar-refractivity contribution in [1.82, 2.24) is 0 Å². The smallest absolute Gasteiger partial charge is 0.137 e. The van der Waals surface area contributed by atoms with Gasteiger partial charge in [0, 0.05) is 18.8 Å². The molecular formula is C29H28O. The third-order valence-electron chi connectivity index (χ3n) is 5.90. The molecule has 1 unspecified atom stereocenters. The first-order chi connectivity index (χ1) is 14.7. The predicted molar refractivity (Wildman–Crippen MR) is 125 cm³/mol. The molecular weight excluding hydrogens is 364 g/mol. The van der Waals surface area contributed by atoms with E-state index < -0.39 is 0 Å². The summed E-state index contributed by atoms with van der Waals surface area (Å²) < 4.78 is 0. The van der Waals surface area contributed by atoms with Crippen molar-refractivity contribution >= 4 is 11.4 Å². The van der Waals surface area contributed by atoms with Crippen molar-refractivity contribution in [2.24, 2.45) is 5.92 Å². The number of carbonyl (C=O) groups is 1. The number of hydrogen-bond donors (Lipinski definition) is 0. The van der Waals surface area contributed by atoms with Gasteiger partial charge in [0.1, 0.15) is 5.78 Å². The van der Waals surface area contributed by atoms with E-state index in [0.717, 1.165) is 18.4 Å². The van der Waals surface area contributed by atoms with Crippen molar-refractivity contribution < 1.29 is 4.79 Å². The summed E-state index contributed by atoms with van der Waals surface area (Å²) in [5.74, 6) is 0.647. The first-order valence-corrected chi connectivity index (χ1v) is 10.8. The van der Waals surface area contributed by atoms with E-state index in [0.29, 0.717) is 24.5 Å². The highest BCUT2D eigenvalue weighted by molar-refractivity contribution is 5.82. The second kappa shape index (κ2) is 9.54. The van der Waals surface area contributed by atoms with Crippen LogP contribution in [0.5, 0.6) is 0 Å². The summed E-state index contributed by atoms with van der Waals surface area (Å²) >= 11 is 0. The molecule has 1 atom stereocenters. The van der Waals surface area contributed by atoms with Crippen LogP contribution in [-0.4, -0.2) is 5.78 Å². The van der Waals surface area contributed by atoms with Crippen LogP contribution in [0.25, 0.3) is 5.57 Å². The molecule has 0 N–H and O–H groups in total. The van der Waals surface area contributed by atoms with Crippen LogP contribution in [0.1, 0.15) is 35.1 Å². The molecule has 0 spiro atoms. The van der Waals surface area contributed by atoms with Gasteiger partial charge in [-0.1, -0.05) is 108 Å². The van der Waals surface area contributed by atoms with Gasteiger partial charge in [-0.25, -0.2) is 0 Å². The van der Waals surface area contributed by atoms with Gasteiger partial charge in [0.05, 0.1) is 0 Å². The maximum absolute atomic E-state index is 12.6. The van der Waals surface area contributed by atoms with E-state index >= 15 is 0 Å². The number of rotatable bonds is 8. The monoisotopic (exact) mass is 392 g/mol. The second-order valence-electron chi connectivity index (χ2n) is 8.17. The van der Waals surface area contributed by atoms with Gasteiger partial charge in [0.2, 0.25) is 0 Å². The minimum absolute atomic E-state index is 0.311. The first kappa shape index (κ1) is 20.1. The van der Waals surface area contributed by atoms with E-state index in [-0.39, 0.29) is 0 Å². The molecule has 0 saturated heterocycles. The summed E-state index contributed by atoms with van der Waals surface area (Å²) in [4.78, 5) is 12.6. The molecule has 4 rings (SSSR count). The Morgan fingerprint density at radius 3 is 2.13 bits per heavy atom. The quantitative estimate of drug-likeness (QED) is 0.413. The van der Waals surface area contributed by atoms with Crippen molar-refractivity contribution in [3.8, 4) is 0 Å². The predicted octanol–water partition coefficient (Wildman–Crippen LogP) is 6.77. The molecule has 1 nitrogen and oxygen atoms in total. The maximum atomic E-state index is 12.6. The Morgan fingerprint density at radius 2 is 1.43 bits per heavy atom. The number of aryl methyl sites for hydroxylation is 1. The fourth-order valence-electron chi connectivity index (χ4n) is 4.21. The summed E-state index contributed by atoms with van der Waals surface area (Å²) in [5.41, 5.74) is 7.68. The van der Waals surface area contributed by atoms with Crippen LogP contribution in [0.4, 0.5) is 0 Å². The Balaban J connectivity index is 1.44. The summed E-state index contributed by atoms with van der Waals surface area (Å²) in [6, 6.07) is 29.6. The molecule has 3 aromatic carbocycles. The minimum Gasteiger partial charge on any atom is -0.299 e. The van der Waals surface area contributed by atoms with Gasteiger partial charge in [0.25, 0.3) is 0 Å². The molecule has 3 aromatic rings. The highest BCUT2D eigenvalue weighted by atomic mass is 16.1. The summed E-state index contributed by atoms with van der Waals surface area (Å²) in [6.07, 6.45) is 7.42. The lowest BCUT2D eigenvalue weighted by molar-refractivity contribution is -0.118. The summed E-state index contributed by atoms with van der Waals surface area (Å²) in [6.45, 7) is 2.07. The fourth-order valence-corrected chi connectivity index (χ4v) is 4.21. The third kappa shape index (κ3) is 5.04. The van der Waals surface area contributed by atoms with Gasteiger partial charge in [-0.3, -0.25) is 4.79 Å². The molecule has 1 aliphatic rings. The molecule has 0 amide bonds. The number of hydrogen-bond acceptors (Lipinski definition) is 1. The topological polar surface area (TPSA) is 17.1 Å². The van der Waals surface area contributed by atoms with Crippen LogP contribution in [0.3, 0.4) is 0 Å². The lowest BCUT2D eigenvalue weighted by atomic mass is 9.83. The van der Waals surface area contributed by atoms with Crippen molar-refractivity contribution in [3.05, 3.63) is 125 Å². The SMILES string of the molecule is Cc1ccc(CC(=O)CCC2=CC=C(c3ccccc3)C2Cc2ccccc2)cc1. The van der Waals surface area contributed by atoms with Crippen molar-refractivity contribution in [3.63, 3.8) is 0 Å². The Labute approximate surface area is 179 Å². The normalized spacial score (nSPS) is 15.6. The van der Waals surface area contributed by atoms with Gasteiger partial charge < -0.3 is 0 Å². The molecule has 30 heavy (non-hydrogen) atoms. The zero-order valence-electron chi connectivity index (χ0n) is 17.6. The molecule has 150 valence electrons. The van der Waals surface area contributed by atoms with E-state index in [1.54, 1.807) is 0 Å². The van der Waals surface area contributed by atoms with E-state index in [4.69, 9.17) is 0 Å². The third-order valence-corrected chi connectivity index (χ3v) is 5.90. The number of carbonyl (C=O) groups excluding carboxylic acids is 1. The van der Waals surface area contributed by atoms with Crippen LogP contribution in [0.15, 0.2) is 103 Å². The van der Waals surface area contributed by atoms with E-state index in [1.165, 1.54) is 27.8 Å².